The summed E-state index contributed by atoms with van der Waals surface area (Å²) < 4.78 is 65.9. The van der Waals surface area contributed by atoms with Crippen LogP contribution in [0.1, 0.15) is 25.1 Å². The van der Waals surface area contributed by atoms with Crippen LogP contribution < -0.4 is 5.30 Å². The van der Waals surface area contributed by atoms with Crippen LogP contribution in [0, 0.1) is 11.8 Å². The van der Waals surface area contributed by atoms with Crippen LogP contribution in [0.25, 0.3) is 5.57 Å². The van der Waals surface area contributed by atoms with E-state index >= 15 is 0 Å². The van der Waals surface area contributed by atoms with E-state index in [0.717, 1.165) is 21.0 Å². The van der Waals surface area contributed by atoms with Crippen molar-refractivity contribution in [2.45, 2.75) is 20.0 Å². The Labute approximate surface area is 124 Å². The Morgan fingerprint density at radius 1 is 1.23 bits per heavy atom. The Morgan fingerprint density at radius 3 is 2.18 bits per heavy atom. The highest BCUT2D eigenvalue weighted by Crippen LogP contribution is 2.32. The summed E-state index contributed by atoms with van der Waals surface area (Å²) >= 11 is 0. The summed E-state index contributed by atoms with van der Waals surface area (Å²) in [6.07, 6.45) is -5.03. The number of Topliss-reactive ketones (excluding diaryl/α,β-unsaturated/α-hetero) is 1. The number of rotatable bonds is 4. The molecule has 0 saturated heterocycles. The van der Waals surface area contributed by atoms with Crippen molar-refractivity contribution in [3.63, 3.8) is 0 Å². The Morgan fingerprint density at radius 2 is 1.77 bits per heavy atom. The molecule has 1 aromatic rings. The molecule has 0 fully saturated rings. The topological polar surface area (TPSA) is 48.4 Å². The van der Waals surface area contributed by atoms with Crippen molar-refractivity contribution in [3.05, 3.63) is 28.8 Å². The van der Waals surface area contributed by atoms with Gasteiger partial charge in [0.1, 0.15) is 0 Å². The molecule has 1 rings (SSSR count). The normalized spacial score (nSPS) is 13.0. The van der Waals surface area contributed by atoms with E-state index in [1.807, 2.05) is 0 Å². The third kappa shape index (κ3) is 3.59. The molecule has 0 aromatic carbocycles. The average molecular weight is 343 g/mol. The van der Waals surface area contributed by atoms with Crippen molar-refractivity contribution < 1.29 is 36.5 Å². The molecule has 0 bridgehead atoms. The molecule has 0 aliphatic carbocycles. The molecule has 1 heterocycles. The summed E-state index contributed by atoms with van der Waals surface area (Å²) in [5.74, 6) is -4.83. The number of nitrogens with zero attached hydrogens (tertiary/aromatic N) is 1. The highest BCUT2D eigenvalue weighted by Gasteiger charge is 2.38. The quantitative estimate of drug-likeness (QED) is 0.160. The molecular weight excluding hydrogens is 332 g/mol. The zero-order chi connectivity index (χ0) is 17.2. The van der Waals surface area contributed by atoms with Crippen molar-refractivity contribution in [1.82, 2.24) is 4.98 Å². The van der Waals surface area contributed by atoms with E-state index in [1.54, 1.807) is 9.24 Å². The van der Waals surface area contributed by atoms with Gasteiger partial charge >= 0.3 is 6.18 Å². The molecule has 0 saturated carbocycles. The second-order valence-electron chi connectivity index (χ2n) is 4.09. The third-order valence-electron chi connectivity index (χ3n) is 2.57. The Balaban J connectivity index is 3.82. The second-order valence-corrected chi connectivity index (χ2v) is 4.67. The van der Waals surface area contributed by atoms with E-state index in [1.165, 1.54) is 0 Å². The van der Waals surface area contributed by atoms with Crippen molar-refractivity contribution >= 4 is 25.9 Å². The summed E-state index contributed by atoms with van der Waals surface area (Å²) in [5, 5.41) is -0.810. The molecule has 1 aromatic heterocycles. The van der Waals surface area contributed by atoms with E-state index in [2.05, 4.69) is 14.8 Å². The lowest BCUT2D eigenvalue weighted by Gasteiger charge is -2.16. The molecule has 4 nitrogen and oxygen atoms in total. The predicted molar refractivity (Wildman–Crippen MR) is 69.9 cm³/mol. The number of hydrogen-bond donors (Lipinski definition) is 0. The highest BCUT2D eigenvalue weighted by atomic mass is 31.0. The predicted octanol–water partition coefficient (Wildman–Crippen LogP) is 2.78. The fourth-order valence-corrected chi connectivity index (χ4v) is 2.27. The smallest absolute Gasteiger partial charge is 0.342 e. The van der Waals surface area contributed by atoms with Crippen LogP contribution in [0.15, 0.2) is 5.76 Å². The maximum Gasteiger partial charge on any atom is 0.434 e. The molecule has 0 spiro atoms. The van der Waals surface area contributed by atoms with Crippen LogP contribution in [0.4, 0.5) is 22.0 Å². The summed E-state index contributed by atoms with van der Waals surface area (Å²) in [6.45, 7) is 2.13. The zero-order valence-corrected chi connectivity index (χ0v) is 12.8. The van der Waals surface area contributed by atoms with Gasteiger partial charge in [0.05, 0.1) is 12.7 Å². The number of halogens is 5. The molecule has 22 heavy (non-hydrogen) atoms. The number of aromatic nitrogens is 1. The van der Waals surface area contributed by atoms with Gasteiger partial charge < -0.3 is 4.89 Å². The maximum absolute atomic E-state index is 13.9. The highest BCUT2D eigenvalue weighted by molar-refractivity contribution is 7.27. The van der Waals surface area contributed by atoms with E-state index in [9.17, 15) is 26.7 Å². The van der Waals surface area contributed by atoms with Gasteiger partial charge in [-0.05, 0) is 13.8 Å². The monoisotopic (exact) mass is 343 g/mol. The summed E-state index contributed by atoms with van der Waals surface area (Å²) in [4.78, 5) is 23.0. The van der Waals surface area contributed by atoms with Crippen LogP contribution in [0.3, 0.4) is 0 Å². The van der Waals surface area contributed by atoms with Crippen molar-refractivity contribution in [2.75, 3.05) is 7.11 Å². The second kappa shape index (κ2) is 6.66. The van der Waals surface area contributed by atoms with Crippen LogP contribution in [-0.2, 0) is 20.7 Å². The molecule has 1 unspecified atom stereocenters. The van der Waals surface area contributed by atoms with Crippen LogP contribution >= 0.6 is 9.24 Å². The number of pyridine rings is 1. The van der Waals surface area contributed by atoms with Crippen molar-refractivity contribution in [2.24, 2.45) is 0 Å². The molecular formula is C12H11F5NO3P. The fraction of sp³-hybridized carbons (Fsp3) is 0.333. The number of carbonyl (C=O) groups excluding carboxylic acids is 1. The molecule has 10 heteroatoms. The minimum absolute atomic E-state index is 0.323. The van der Waals surface area contributed by atoms with Gasteiger partial charge in [-0.15, -0.1) is 9.24 Å². The molecule has 122 valence electrons. The van der Waals surface area contributed by atoms with Crippen molar-refractivity contribution in [3.8, 4) is 0 Å². The van der Waals surface area contributed by atoms with E-state index < -0.39 is 45.9 Å². The van der Waals surface area contributed by atoms with Gasteiger partial charge in [-0.3, -0.25) is 4.79 Å². The standard InChI is InChI=1S/C12H11F5NO3P/c1-4(19)6(5(2)21-20-3)7-8(13)11(14)18-10(9(7)22)12(15,16)17/h22H2,1-3H3/b6-5+. The first-order valence-electron chi connectivity index (χ1n) is 5.66. The molecule has 0 N–H and O–H groups in total. The third-order valence-corrected chi connectivity index (χ3v) is 3.13. The summed E-state index contributed by atoms with van der Waals surface area (Å²) in [6, 6.07) is 0. The fourth-order valence-electron chi connectivity index (χ4n) is 1.77. The molecule has 0 aliphatic rings. The summed E-state index contributed by atoms with van der Waals surface area (Å²) in [5.41, 5.74) is -3.14. The molecule has 0 radical (unpaired) electrons. The van der Waals surface area contributed by atoms with Gasteiger partial charge in [0.2, 0.25) is 5.95 Å². The maximum atomic E-state index is 13.9. The number of carbonyl (C=O) groups is 1. The first-order valence-corrected chi connectivity index (χ1v) is 6.24. The van der Waals surface area contributed by atoms with Crippen LogP contribution in [0.2, 0.25) is 0 Å². The van der Waals surface area contributed by atoms with Crippen LogP contribution in [0.5, 0.6) is 0 Å². The minimum Gasteiger partial charge on any atom is -0.342 e. The Kier molecular flexibility index (Phi) is 5.59. The molecule has 0 aliphatic heterocycles. The lowest BCUT2D eigenvalue weighted by atomic mass is 10.0. The van der Waals surface area contributed by atoms with Crippen molar-refractivity contribution in [1.29, 1.82) is 0 Å². The van der Waals surface area contributed by atoms with E-state index in [-0.39, 0.29) is 5.76 Å². The molecule has 1 atom stereocenters. The van der Waals surface area contributed by atoms with E-state index in [0.29, 0.717) is 0 Å². The Bertz CT molecular complexity index is 643. The van der Waals surface area contributed by atoms with Gasteiger partial charge in [0.15, 0.2) is 23.1 Å². The lowest BCUT2D eigenvalue weighted by molar-refractivity contribution is -0.235. The Hall–Kier alpha value is -1.60. The molecule has 0 amide bonds. The zero-order valence-electron chi connectivity index (χ0n) is 11.6. The lowest BCUT2D eigenvalue weighted by Crippen LogP contribution is -2.25. The first-order chi connectivity index (χ1) is 10.0. The van der Waals surface area contributed by atoms with Gasteiger partial charge in [0.25, 0.3) is 0 Å². The van der Waals surface area contributed by atoms with Gasteiger partial charge in [0, 0.05) is 10.9 Å². The van der Waals surface area contributed by atoms with Gasteiger partial charge in [-0.1, -0.05) is 0 Å². The average Bonchev–Trinajstić information content (AvgIpc) is 2.37. The number of alkyl halides is 3. The minimum atomic E-state index is -5.03. The number of ketones is 1. The van der Waals surface area contributed by atoms with Gasteiger partial charge in [-0.25, -0.2) is 9.37 Å². The SMILES string of the molecule is COO/C(C)=C(\C(C)=O)c1c(F)c(F)nc(C(F)(F)F)c1P. The van der Waals surface area contributed by atoms with E-state index in [4.69, 9.17) is 0 Å². The van der Waals surface area contributed by atoms with Gasteiger partial charge in [-0.2, -0.15) is 22.4 Å². The number of hydrogen-bond acceptors (Lipinski definition) is 4. The largest absolute Gasteiger partial charge is 0.434 e. The first kappa shape index (κ1) is 18.4. The van der Waals surface area contributed by atoms with Crippen LogP contribution in [-0.4, -0.2) is 17.9 Å². The number of allylic oxidation sites excluding steroid dienone is 2. The summed E-state index contributed by atoms with van der Waals surface area (Å²) in [7, 11) is 2.69.